The largest absolute Gasteiger partial charge is 0.384 e. The summed E-state index contributed by atoms with van der Waals surface area (Å²) in [6.07, 6.45) is 0. The molecule has 0 saturated carbocycles. The average Bonchev–Trinajstić information content (AvgIpc) is 3.27. The molecule has 0 saturated heterocycles. The Hall–Kier alpha value is -3.17. The molecule has 3 aromatic rings. The van der Waals surface area contributed by atoms with Crippen LogP contribution in [0.25, 0.3) is 11.3 Å². The van der Waals surface area contributed by atoms with Crippen LogP contribution in [0.4, 0.5) is 11.4 Å². The van der Waals surface area contributed by atoms with Crippen molar-refractivity contribution in [2.75, 3.05) is 30.3 Å². The van der Waals surface area contributed by atoms with Crippen molar-refractivity contribution in [1.29, 1.82) is 0 Å². The first-order chi connectivity index (χ1) is 14.9. The van der Waals surface area contributed by atoms with Crippen LogP contribution >= 0.6 is 0 Å². The van der Waals surface area contributed by atoms with Crippen LogP contribution in [0.5, 0.6) is 0 Å². The molecule has 0 spiro atoms. The number of carbonyl (C=O) groups excluding carboxylic acids is 1. The van der Waals surface area contributed by atoms with Crippen LogP contribution in [-0.2, 0) is 10.0 Å². The first-order valence-corrected chi connectivity index (χ1v) is 11.6. The van der Waals surface area contributed by atoms with Crippen molar-refractivity contribution < 1.29 is 17.7 Å². The van der Waals surface area contributed by atoms with E-state index in [2.05, 4.69) is 15.8 Å². The van der Waals surface area contributed by atoms with Gasteiger partial charge in [0.25, 0.3) is 5.91 Å². The predicted octanol–water partition coefficient (Wildman–Crippen LogP) is 4.06. The van der Waals surface area contributed by atoms with E-state index >= 15 is 0 Å². The van der Waals surface area contributed by atoms with Gasteiger partial charge in [-0.15, -0.1) is 0 Å². The highest BCUT2D eigenvalue weighted by Crippen LogP contribution is 2.28. The minimum Gasteiger partial charge on any atom is -0.384 e. The minimum absolute atomic E-state index is 0.0957. The molecule has 8 nitrogen and oxygen atoms in total. The van der Waals surface area contributed by atoms with Gasteiger partial charge in [-0.25, -0.2) is 8.42 Å². The highest BCUT2D eigenvalue weighted by Gasteiger charge is 2.23. The van der Waals surface area contributed by atoms with Crippen LogP contribution in [-0.4, -0.2) is 43.4 Å². The van der Waals surface area contributed by atoms with Crippen LogP contribution in [0.3, 0.4) is 0 Å². The second-order valence-electron chi connectivity index (χ2n) is 6.72. The summed E-state index contributed by atoms with van der Waals surface area (Å²) in [6.45, 7) is 6.80. The molecule has 0 bridgehead atoms. The summed E-state index contributed by atoms with van der Waals surface area (Å²) < 4.78 is 32.5. The Morgan fingerprint density at radius 3 is 2.35 bits per heavy atom. The normalized spacial score (nSPS) is 11.5. The molecule has 3 rings (SSSR count). The van der Waals surface area contributed by atoms with E-state index in [1.165, 1.54) is 16.4 Å². The summed E-state index contributed by atoms with van der Waals surface area (Å²) in [5.41, 5.74) is 1.86. The minimum atomic E-state index is -3.67. The third-order valence-electron chi connectivity index (χ3n) is 4.75. The molecule has 0 fully saturated rings. The van der Waals surface area contributed by atoms with Gasteiger partial charge in [0.1, 0.15) is 0 Å². The lowest BCUT2D eigenvalue weighted by Crippen LogP contribution is -2.30. The Bertz CT molecular complexity index is 1140. The Morgan fingerprint density at radius 1 is 1.00 bits per heavy atom. The number of sulfonamides is 1. The molecule has 9 heteroatoms. The number of nitrogens with one attached hydrogen (secondary N) is 2. The van der Waals surface area contributed by atoms with Gasteiger partial charge in [0.15, 0.2) is 11.5 Å². The molecule has 164 valence electrons. The lowest BCUT2D eigenvalue weighted by Gasteiger charge is -2.20. The van der Waals surface area contributed by atoms with Crippen molar-refractivity contribution in [3.63, 3.8) is 0 Å². The number of benzene rings is 2. The molecular weight excluding hydrogens is 416 g/mol. The average molecular weight is 443 g/mol. The fourth-order valence-electron chi connectivity index (χ4n) is 3.15. The molecule has 0 aliphatic heterocycles. The van der Waals surface area contributed by atoms with E-state index in [0.29, 0.717) is 36.8 Å². The van der Waals surface area contributed by atoms with E-state index in [0.717, 1.165) is 5.56 Å². The van der Waals surface area contributed by atoms with E-state index in [4.69, 9.17) is 4.52 Å². The summed E-state index contributed by atoms with van der Waals surface area (Å²) in [5.74, 6) is -0.0296. The third-order valence-corrected chi connectivity index (χ3v) is 6.80. The fraction of sp³-hybridized carbons (Fsp3) is 0.273. The number of amides is 1. The third kappa shape index (κ3) is 4.95. The van der Waals surface area contributed by atoms with Gasteiger partial charge >= 0.3 is 0 Å². The van der Waals surface area contributed by atoms with Crippen molar-refractivity contribution >= 4 is 27.3 Å². The number of nitrogens with zero attached hydrogens (tertiary/aromatic N) is 2. The molecular formula is C22H26N4O4S. The number of hydrogen-bond acceptors (Lipinski definition) is 6. The van der Waals surface area contributed by atoms with Gasteiger partial charge in [-0.1, -0.05) is 49.3 Å². The van der Waals surface area contributed by atoms with E-state index in [1.807, 2.05) is 37.3 Å². The van der Waals surface area contributed by atoms with Gasteiger partial charge in [0.2, 0.25) is 10.0 Å². The molecule has 2 N–H and O–H groups in total. The monoisotopic (exact) mass is 442 g/mol. The smallest absolute Gasteiger partial charge is 0.277 e. The quantitative estimate of drug-likeness (QED) is 0.518. The highest BCUT2D eigenvalue weighted by atomic mass is 32.2. The van der Waals surface area contributed by atoms with E-state index in [1.54, 1.807) is 26.0 Å². The topological polar surface area (TPSA) is 105 Å². The zero-order valence-electron chi connectivity index (χ0n) is 17.8. The number of rotatable bonds is 9. The maximum atomic E-state index is 12.9. The molecule has 1 amide bonds. The first-order valence-electron chi connectivity index (χ1n) is 10.1. The van der Waals surface area contributed by atoms with Crippen LogP contribution in [0.15, 0.2) is 64.0 Å². The number of carbonyl (C=O) groups is 1. The van der Waals surface area contributed by atoms with Crippen LogP contribution in [0, 0.1) is 0 Å². The Labute approximate surface area is 182 Å². The summed E-state index contributed by atoms with van der Waals surface area (Å²) >= 11 is 0. The predicted molar refractivity (Wildman–Crippen MR) is 121 cm³/mol. The Kier molecular flexibility index (Phi) is 7.09. The summed E-state index contributed by atoms with van der Waals surface area (Å²) in [5, 5.41) is 9.75. The van der Waals surface area contributed by atoms with Gasteiger partial charge in [0, 0.05) is 31.3 Å². The standard InChI is InChI=1S/C22H26N4O4S/c1-4-23-18-13-12-17(31(28,29)26(5-2)6-3)14-19(18)24-22(27)20-15-21(30-25-20)16-10-8-7-9-11-16/h7-15,23H,4-6H2,1-3H3,(H,24,27). The zero-order valence-corrected chi connectivity index (χ0v) is 18.6. The lowest BCUT2D eigenvalue weighted by atomic mass is 10.1. The first kappa shape index (κ1) is 22.5. The molecule has 1 heterocycles. The van der Waals surface area contributed by atoms with Crippen LogP contribution < -0.4 is 10.6 Å². The Balaban J connectivity index is 1.91. The molecule has 0 atom stereocenters. The van der Waals surface area contributed by atoms with Crippen molar-refractivity contribution in [3.8, 4) is 11.3 Å². The van der Waals surface area contributed by atoms with Crippen molar-refractivity contribution in [3.05, 3.63) is 60.3 Å². The SMILES string of the molecule is CCNc1ccc(S(=O)(=O)N(CC)CC)cc1NC(=O)c1cc(-c2ccccc2)on1. The maximum Gasteiger partial charge on any atom is 0.277 e. The van der Waals surface area contributed by atoms with Gasteiger partial charge in [-0.2, -0.15) is 4.31 Å². The van der Waals surface area contributed by atoms with E-state index < -0.39 is 15.9 Å². The second kappa shape index (κ2) is 9.76. The fourth-order valence-corrected chi connectivity index (χ4v) is 4.64. The van der Waals surface area contributed by atoms with Gasteiger partial charge in [-0.05, 0) is 25.1 Å². The van der Waals surface area contributed by atoms with E-state index in [-0.39, 0.29) is 10.6 Å². The molecule has 0 unspecified atom stereocenters. The maximum absolute atomic E-state index is 12.9. The molecule has 0 aliphatic carbocycles. The molecule has 31 heavy (non-hydrogen) atoms. The second-order valence-corrected chi connectivity index (χ2v) is 8.66. The molecule has 0 aliphatic rings. The van der Waals surface area contributed by atoms with Crippen LogP contribution in [0.1, 0.15) is 31.3 Å². The van der Waals surface area contributed by atoms with Gasteiger partial charge in [-0.3, -0.25) is 4.79 Å². The number of aromatic nitrogens is 1. The van der Waals surface area contributed by atoms with Crippen molar-refractivity contribution in [2.24, 2.45) is 0 Å². The summed E-state index contributed by atoms with van der Waals surface area (Å²) in [6, 6.07) is 15.5. The Morgan fingerprint density at radius 2 is 1.71 bits per heavy atom. The molecule has 1 aromatic heterocycles. The van der Waals surface area contributed by atoms with E-state index in [9.17, 15) is 13.2 Å². The summed E-state index contributed by atoms with van der Waals surface area (Å²) in [4.78, 5) is 12.9. The highest BCUT2D eigenvalue weighted by molar-refractivity contribution is 7.89. The van der Waals surface area contributed by atoms with Crippen molar-refractivity contribution in [1.82, 2.24) is 9.46 Å². The van der Waals surface area contributed by atoms with Gasteiger partial charge < -0.3 is 15.2 Å². The molecule has 2 aromatic carbocycles. The van der Waals surface area contributed by atoms with Crippen molar-refractivity contribution in [2.45, 2.75) is 25.7 Å². The van der Waals surface area contributed by atoms with Crippen LogP contribution in [0.2, 0.25) is 0 Å². The summed E-state index contributed by atoms with van der Waals surface area (Å²) in [7, 11) is -3.67. The molecule has 0 radical (unpaired) electrons. The van der Waals surface area contributed by atoms with Gasteiger partial charge in [0.05, 0.1) is 16.3 Å². The zero-order chi connectivity index (χ0) is 22.4. The number of anilines is 2. The lowest BCUT2D eigenvalue weighted by molar-refractivity contribution is 0.101. The number of hydrogen-bond donors (Lipinski definition) is 2.